The Morgan fingerprint density at radius 1 is 1.12 bits per heavy atom. The van der Waals surface area contributed by atoms with Gasteiger partial charge in [-0.25, -0.2) is 12.7 Å². The quantitative estimate of drug-likeness (QED) is 0.444. The Hall–Kier alpha value is -2.69. The number of benzene rings is 2. The fourth-order valence-electron chi connectivity index (χ4n) is 4.05. The lowest BCUT2D eigenvalue weighted by Crippen LogP contribution is -2.41. The molecule has 32 heavy (non-hydrogen) atoms. The van der Waals surface area contributed by atoms with Gasteiger partial charge in [-0.05, 0) is 51.2 Å². The van der Waals surface area contributed by atoms with E-state index in [0.29, 0.717) is 47.7 Å². The van der Waals surface area contributed by atoms with E-state index in [1.165, 1.54) is 10.6 Å². The van der Waals surface area contributed by atoms with Crippen molar-refractivity contribution in [2.24, 2.45) is 0 Å². The largest absolute Gasteiger partial charge is 0.473 e. The molecule has 0 radical (unpaired) electrons. The van der Waals surface area contributed by atoms with Gasteiger partial charge in [0.25, 0.3) is 0 Å². The normalized spacial score (nSPS) is 16.1. The van der Waals surface area contributed by atoms with Gasteiger partial charge >= 0.3 is 0 Å². The van der Waals surface area contributed by atoms with Gasteiger partial charge in [0.15, 0.2) is 5.65 Å². The number of fused-ring (bicyclic) bond motifs is 2. The Bertz CT molecular complexity index is 1430. The van der Waals surface area contributed by atoms with E-state index in [4.69, 9.17) is 15.5 Å². The number of halogens is 1. The maximum Gasteiger partial charge on any atom is 0.234 e. The average molecular weight is 516 g/mol. The van der Waals surface area contributed by atoms with Gasteiger partial charge in [-0.1, -0.05) is 36.4 Å². The molecule has 0 amide bonds. The fourth-order valence-corrected chi connectivity index (χ4v) is 5.28. The highest BCUT2D eigenvalue weighted by molar-refractivity contribution is 9.10. The van der Waals surface area contributed by atoms with Gasteiger partial charge in [-0.15, -0.1) is 0 Å². The summed E-state index contributed by atoms with van der Waals surface area (Å²) in [6, 6.07) is 14.4. The molecule has 0 bridgehead atoms. The first kappa shape index (κ1) is 21.2. The van der Waals surface area contributed by atoms with Gasteiger partial charge < -0.3 is 10.5 Å². The number of hydrogen-bond donors (Lipinski definition) is 1. The van der Waals surface area contributed by atoms with Crippen molar-refractivity contribution in [2.45, 2.75) is 18.9 Å². The maximum absolute atomic E-state index is 11.8. The predicted octanol–water partition coefficient (Wildman–Crippen LogP) is 3.70. The van der Waals surface area contributed by atoms with Crippen LogP contribution in [0.3, 0.4) is 0 Å². The first-order valence-corrected chi connectivity index (χ1v) is 12.9. The summed E-state index contributed by atoms with van der Waals surface area (Å²) >= 11 is 3.49. The molecule has 0 aliphatic carbocycles. The van der Waals surface area contributed by atoms with E-state index in [-0.39, 0.29) is 6.10 Å². The summed E-state index contributed by atoms with van der Waals surface area (Å²) in [5.41, 5.74) is 8.77. The molecule has 2 aromatic carbocycles. The zero-order valence-corrected chi connectivity index (χ0v) is 19.8. The molecule has 0 atom stereocenters. The van der Waals surface area contributed by atoms with Crippen molar-refractivity contribution in [1.82, 2.24) is 18.9 Å². The van der Waals surface area contributed by atoms with Crippen molar-refractivity contribution < 1.29 is 13.2 Å². The highest BCUT2D eigenvalue weighted by Crippen LogP contribution is 2.35. The first-order chi connectivity index (χ1) is 15.3. The third-order valence-corrected chi connectivity index (χ3v) is 7.85. The van der Waals surface area contributed by atoms with Gasteiger partial charge in [0.05, 0.1) is 12.5 Å². The smallest absolute Gasteiger partial charge is 0.234 e. The third-order valence-electron chi connectivity index (χ3n) is 5.80. The third kappa shape index (κ3) is 3.82. The number of rotatable bonds is 4. The van der Waals surface area contributed by atoms with E-state index in [2.05, 4.69) is 45.3 Å². The van der Waals surface area contributed by atoms with Crippen LogP contribution in [0.15, 0.2) is 53.1 Å². The van der Waals surface area contributed by atoms with Crippen molar-refractivity contribution in [2.75, 3.05) is 25.1 Å². The molecule has 166 valence electrons. The number of anilines is 1. The van der Waals surface area contributed by atoms with Crippen molar-refractivity contribution in [3.8, 4) is 17.0 Å². The predicted molar refractivity (Wildman–Crippen MR) is 128 cm³/mol. The molecular weight excluding hydrogens is 494 g/mol. The second-order valence-electron chi connectivity index (χ2n) is 7.95. The molecular formula is C22H22BrN5O3S. The molecule has 2 N–H and O–H groups in total. The van der Waals surface area contributed by atoms with Crippen LogP contribution >= 0.6 is 15.9 Å². The maximum atomic E-state index is 11.8. The lowest BCUT2D eigenvalue weighted by atomic mass is 10.0. The second-order valence-corrected chi connectivity index (χ2v) is 10.7. The molecule has 3 heterocycles. The fraction of sp³-hybridized carbons (Fsp3) is 0.273. The Balaban J connectivity index is 1.49. The van der Waals surface area contributed by atoms with E-state index in [1.54, 1.807) is 10.7 Å². The van der Waals surface area contributed by atoms with Gasteiger partial charge in [0, 0.05) is 18.7 Å². The topological polar surface area (TPSA) is 103 Å². The van der Waals surface area contributed by atoms with Gasteiger partial charge in [0.1, 0.15) is 16.4 Å². The summed E-state index contributed by atoms with van der Waals surface area (Å²) in [7, 11) is -3.19. The minimum absolute atomic E-state index is 0.148. The number of ether oxygens (including phenoxy) is 1. The number of aromatic nitrogens is 3. The Kier molecular flexibility index (Phi) is 5.31. The van der Waals surface area contributed by atoms with Gasteiger partial charge in [0.2, 0.25) is 15.9 Å². The van der Waals surface area contributed by atoms with Crippen LogP contribution in [-0.4, -0.2) is 52.8 Å². The Labute approximate surface area is 194 Å². The second kappa shape index (κ2) is 8.02. The molecule has 4 aromatic rings. The zero-order chi connectivity index (χ0) is 22.5. The molecule has 2 aromatic heterocycles. The summed E-state index contributed by atoms with van der Waals surface area (Å²) in [6.07, 6.45) is 4.01. The molecule has 1 aliphatic heterocycles. The van der Waals surface area contributed by atoms with Crippen LogP contribution in [0.25, 0.3) is 27.5 Å². The molecule has 1 aliphatic rings. The number of nitrogens with zero attached hydrogens (tertiary/aromatic N) is 4. The number of piperidine rings is 1. The lowest BCUT2D eigenvalue weighted by Gasteiger charge is -2.30. The number of sulfonamides is 1. The van der Waals surface area contributed by atoms with Crippen molar-refractivity contribution >= 4 is 48.2 Å². The molecule has 0 spiro atoms. The van der Waals surface area contributed by atoms with Gasteiger partial charge in [-0.2, -0.15) is 14.6 Å². The molecule has 8 nitrogen and oxygen atoms in total. The van der Waals surface area contributed by atoms with Crippen LogP contribution in [0.4, 0.5) is 5.82 Å². The monoisotopic (exact) mass is 515 g/mol. The number of nitrogens with two attached hydrogens (primary N) is 1. The van der Waals surface area contributed by atoms with Crippen LogP contribution in [0, 0.1) is 0 Å². The summed E-state index contributed by atoms with van der Waals surface area (Å²) in [5, 5.41) is 6.72. The molecule has 1 fully saturated rings. The summed E-state index contributed by atoms with van der Waals surface area (Å²) < 4.78 is 33.3. The molecule has 1 saturated heterocycles. The molecule has 10 heteroatoms. The lowest BCUT2D eigenvalue weighted by molar-refractivity contribution is 0.129. The van der Waals surface area contributed by atoms with Gasteiger partial charge in [-0.3, -0.25) is 0 Å². The van der Waals surface area contributed by atoms with Crippen LogP contribution in [0.1, 0.15) is 12.8 Å². The standard InChI is InChI=1S/C22H22BrN5O3S/c1-32(29,30)27-10-8-17(9-11-27)31-22-19(23)20(24)28-21(26-22)18(13-25-28)16-7-6-14-4-2-3-5-15(14)12-16/h2-7,12-13,17H,8-11,24H2,1H3. The van der Waals surface area contributed by atoms with Crippen molar-refractivity contribution in [3.63, 3.8) is 0 Å². The van der Waals surface area contributed by atoms with E-state index in [1.807, 2.05) is 18.2 Å². The summed E-state index contributed by atoms with van der Waals surface area (Å²) in [5.74, 6) is 0.779. The SMILES string of the molecule is CS(=O)(=O)N1CCC(Oc2nc3c(-c4ccc5ccccc5c4)cnn3c(N)c2Br)CC1. The van der Waals surface area contributed by atoms with Crippen LogP contribution in [0.2, 0.25) is 0 Å². The average Bonchev–Trinajstić information content (AvgIpc) is 3.20. The Morgan fingerprint density at radius 3 is 2.56 bits per heavy atom. The highest BCUT2D eigenvalue weighted by Gasteiger charge is 2.27. The number of hydrogen-bond acceptors (Lipinski definition) is 6. The van der Waals surface area contributed by atoms with Crippen molar-refractivity contribution in [3.05, 3.63) is 53.1 Å². The molecule has 0 saturated carbocycles. The van der Waals surface area contributed by atoms with Crippen LogP contribution in [0.5, 0.6) is 5.88 Å². The zero-order valence-electron chi connectivity index (χ0n) is 17.4. The van der Waals surface area contributed by atoms with E-state index in [9.17, 15) is 8.42 Å². The van der Waals surface area contributed by atoms with E-state index in [0.717, 1.165) is 21.9 Å². The van der Waals surface area contributed by atoms with E-state index < -0.39 is 10.0 Å². The summed E-state index contributed by atoms with van der Waals surface area (Å²) in [6.45, 7) is 0.849. The molecule has 0 unspecified atom stereocenters. The Morgan fingerprint density at radius 2 is 1.84 bits per heavy atom. The number of nitrogen functional groups attached to an aromatic ring is 1. The highest BCUT2D eigenvalue weighted by atomic mass is 79.9. The van der Waals surface area contributed by atoms with Crippen LogP contribution < -0.4 is 10.5 Å². The minimum Gasteiger partial charge on any atom is -0.473 e. The molecule has 5 rings (SSSR count). The van der Waals surface area contributed by atoms with E-state index >= 15 is 0 Å². The minimum atomic E-state index is -3.19. The summed E-state index contributed by atoms with van der Waals surface area (Å²) in [4.78, 5) is 4.73. The van der Waals surface area contributed by atoms with Crippen LogP contribution in [-0.2, 0) is 10.0 Å². The van der Waals surface area contributed by atoms with Crippen molar-refractivity contribution in [1.29, 1.82) is 0 Å². The first-order valence-electron chi connectivity index (χ1n) is 10.2.